The van der Waals surface area contributed by atoms with E-state index >= 15 is 0 Å². The molecule has 9 nitrogen and oxygen atoms in total. The third kappa shape index (κ3) is 4.24. The van der Waals surface area contributed by atoms with Crippen LogP contribution < -0.4 is 5.32 Å². The van der Waals surface area contributed by atoms with Gasteiger partial charge in [-0.25, -0.2) is 19.3 Å². The van der Waals surface area contributed by atoms with Crippen LogP contribution in [0.2, 0.25) is 0 Å². The van der Waals surface area contributed by atoms with Gasteiger partial charge < -0.3 is 19.9 Å². The molecule has 3 heterocycles. The number of halogens is 1. The number of benzene rings is 1. The first-order valence-corrected chi connectivity index (χ1v) is 9.76. The van der Waals surface area contributed by atoms with Crippen molar-refractivity contribution in [2.75, 3.05) is 5.32 Å². The Bertz CT molecular complexity index is 1330. The molecule has 0 aliphatic heterocycles. The number of amides is 1. The van der Waals surface area contributed by atoms with Crippen molar-refractivity contribution >= 4 is 23.5 Å². The maximum absolute atomic E-state index is 13.3. The van der Waals surface area contributed by atoms with Gasteiger partial charge in [0, 0.05) is 12.6 Å². The van der Waals surface area contributed by atoms with E-state index < -0.39 is 0 Å². The highest BCUT2D eigenvalue weighted by atomic mass is 19.1. The molecule has 0 fully saturated rings. The first-order valence-electron chi connectivity index (χ1n) is 9.76. The summed E-state index contributed by atoms with van der Waals surface area (Å²) in [6.45, 7) is 3.60. The molecule has 0 saturated heterocycles. The number of allylic oxidation sites excluding steroid dienone is 1. The number of nitrogens with one attached hydrogen (secondary N) is 4. The molecule has 1 aromatic carbocycles. The van der Waals surface area contributed by atoms with E-state index in [2.05, 4.69) is 30.2 Å². The SMILES string of the molecule is Cc1ncc(C(=O)Nc2cnc(/C=C\C(=N)c3c(-c4ccc(F)cc4)nc(C)n3C)[nH]2)[nH]1. The molecule has 0 spiro atoms. The molecule has 0 aliphatic rings. The fourth-order valence-electron chi connectivity index (χ4n) is 3.18. The molecule has 1 amide bonds. The van der Waals surface area contributed by atoms with E-state index in [-0.39, 0.29) is 17.4 Å². The molecule has 10 heteroatoms. The first kappa shape index (κ1) is 20.9. The summed E-state index contributed by atoms with van der Waals surface area (Å²) in [5.41, 5.74) is 2.47. The molecular formula is C22H21FN8O. The fourth-order valence-corrected chi connectivity index (χ4v) is 3.18. The Morgan fingerprint density at radius 1 is 1.16 bits per heavy atom. The molecule has 0 bridgehead atoms. The van der Waals surface area contributed by atoms with Gasteiger partial charge in [0.1, 0.15) is 34.8 Å². The topological polar surface area (TPSA) is 128 Å². The second kappa shape index (κ2) is 8.42. The van der Waals surface area contributed by atoms with Crippen molar-refractivity contribution in [2.24, 2.45) is 7.05 Å². The van der Waals surface area contributed by atoms with Crippen molar-refractivity contribution in [1.82, 2.24) is 29.5 Å². The minimum atomic E-state index is -0.341. The lowest BCUT2D eigenvalue weighted by Gasteiger charge is -2.05. The lowest BCUT2D eigenvalue weighted by molar-refractivity contribution is 0.102. The third-order valence-corrected chi connectivity index (χ3v) is 4.89. The van der Waals surface area contributed by atoms with Crippen LogP contribution in [0.3, 0.4) is 0 Å². The van der Waals surface area contributed by atoms with Crippen molar-refractivity contribution in [3.63, 3.8) is 0 Å². The molecule has 32 heavy (non-hydrogen) atoms. The fraction of sp³-hybridized carbons (Fsp3) is 0.136. The predicted molar refractivity (Wildman–Crippen MR) is 119 cm³/mol. The second-order valence-corrected chi connectivity index (χ2v) is 7.19. The molecule has 0 radical (unpaired) electrons. The van der Waals surface area contributed by atoms with E-state index in [4.69, 9.17) is 5.41 Å². The number of carbonyl (C=O) groups is 1. The van der Waals surface area contributed by atoms with Crippen molar-refractivity contribution in [2.45, 2.75) is 13.8 Å². The number of H-pyrrole nitrogens is 2. The zero-order valence-corrected chi connectivity index (χ0v) is 17.7. The minimum absolute atomic E-state index is 0.211. The van der Waals surface area contributed by atoms with Crippen LogP contribution in [0.5, 0.6) is 0 Å². The summed E-state index contributed by atoms with van der Waals surface area (Å²) in [5.74, 6) is 1.58. The summed E-state index contributed by atoms with van der Waals surface area (Å²) < 4.78 is 15.1. The number of hydrogen-bond acceptors (Lipinski definition) is 5. The Morgan fingerprint density at radius 2 is 1.91 bits per heavy atom. The second-order valence-electron chi connectivity index (χ2n) is 7.19. The zero-order valence-electron chi connectivity index (χ0n) is 17.7. The number of rotatable bonds is 6. The molecule has 3 aromatic heterocycles. The molecule has 4 rings (SSSR count). The number of aromatic amines is 2. The lowest BCUT2D eigenvalue weighted by Crippen LogP contribution is -2.12. The van der Waals surface area contributed by atoms with Crippen LogP contribution in [0.25, 0.3) is 17.3 Å². The van der Waals surface area contributed by atoms with Crippen LogP contribution in [0.4, 0.5) is 10.2 Å². The van der Waals surface area contributed by atoms with Crippen LogP contribution in [-0.4, -0.2) is 41.1 Å². The monoisotopic (exact) mass is 432 g/mol. The quantitative estimate of drug-likeness (QED) is 0.347. The van der Waals surface area contributed by atoms with Gasteiger partial charge in [0.25, 0.3) is 5.91 Å². The molecule has 0 atom stereocenters. The molecule has 0 aliphatic carbocycles. The van der Waals surface area contributed by atoms with Gasteiger partial charge in [-0.15, -0.1) is 0 Å². The van der Waals surface area contributed by atoms with Crippen molar-refractivity contribution in [1.29, 1.82) is 5.41 Å². The van der Waals surface area contributed by atoms with E-state index in [1.165, 1.54) is 24.5 Å². The number of hydrogen-bond donors (Lipinski definition) is 4. The Kier molecular flexibility index (Phi) is 5.50. The Labute approximate surface area is 183 Å². The van der Waals surface area contributed by atoms with E-state index in [1.54, 1.807) is 31.2 Å². The third-order valence-electron chi connectivity index (χ3n) is 4.89. The van der Waals surface area contributed by atoms with Crippen molar-refractivity contribution < 1.29 is 9.18 Å². The van der Waals surface area contributed by atoms with Gasteiger partial charge in [-0.05, 0) is 50.3 Å². The average molecular weight is 432 g/mol. The summed E-state index contributed by atoms with van der Waals surface area (Å²) >= 11 is 0. The van der Waals surface area contributed by atoms with Gasteiger partial charge in [0.15, 0.2) is 0 Å². The molecule has 4 aromatic rings. The van der Waals surface area contributed by atoms with Gasteiger partial charge in [-0.3, -0.25) is 10.2 Å². The van der Waals surface area contributed by atoms with Gasteiger partial charge in [0.05, 0.1) is 29.5 Å². The highest BCUT2D eigenvalue weighted by molar-refractivity contribution is 6.11. The van der Waals surface area contributed by atoms with Crippen LogP contribution in [-0.2, 0) is 7.05 Å². The van der Waals surface area contributed by atoms with Crippen LogP contribution >= 0.6 is 0 Å². The van der Waals surface area contributed by atoms with Crippen molar-refractivity contribution in [3.05, 3.63) is 77.4 Å². The summed E-state index contributed by atoms with van der Waals surface area (Å²) in [7, 11) is 1.82. The van der Waals surface area contributed by atoms with E-state index in [0.29, 0.717) is 34.5 Å². The number of aromatic nitrogens is 6. The zero-order chi connectivity index (χ0) is 22.8. The van der Waals surface area contributed by atoms with Crippen LogP contribution in [0.1, 0.15) is 33.7 Å². The number of carbonyl (C=O) groups excluding carboxylic acids is 1. The molecule has 4 N–H and O–H groups in total. The van der Waals surface area contributed by atoms with Crippen molar-refractivity contribution in [3.8, 4) is 11.3 Å². The summed E-state index contributed by atoms with van der Waals surface area (Å²) in [6, 6.07) is 6.01. The van der Waals surface area contributed by atoms with Crippen LogP contribution in [0, 0.1) is 25.1 Å². The van der Waals surface area contributed by atoms with E-state index in [0.717, 1.165) is 11.4 Å². The van der Waals surface area contributed by atoms with E-state index in [9.17, 15) is 9.18 Å². The highest BCUT2D eigenvalue weighted by Crippen LogP contribution is 2.24. The maximum atomic E-state index is 13.3. The van der Waals surface area contributed by atoms with Gasteiger partial charge in [-0.2, -0.15) is 0 Å². The van der Waals surface area contributed by atoms with E-state index in [1.807, 2.05) is 18.5 Å². The number of nitrogens with zero attached hydrogens (tertiary/aromatic N) is 4. The predicted octanol–water partition coefficient (Wildman–Crippen LogP) is 3.62. The average Bonchev–Trinajstić information content (AvgIpc) is 3.47. The normalized spacial score (nSPS) is 11.2. The summed E-state index contributed by atoms with van der Waals surface area (Å²) in [6.07, 6.45) is 6.17. The Balaban J connectivity index is 1.52. The first-order chi connectivity index (χ1) is 15.3. The van der Waals surface area contributed by atoms with Gasteiger partial charge >= 0.3 is 0 Å². The largest absolute Gasteiger partial charge is 0.338 e. The van der Waals surface area contributed by atoms with Gasteiger partial charge in [-0.1, -0.05) is 0 Å². The van der Waals surface area contributed by atoms with Crippen LogP contribution in [0.15, 0.2) is 42.7 Å². The number of imidazole rings is 3. The minimum Gasteiger partial charge on any atom is -0.338 e. The lowest BCUT2D eigenvalue weighted by atomic mass is 10.1. The number of aryl methyl sites for hydroxylation is 2. The number of anilines is 1. The Morgan fingerprint density at radius 3 is 2.59 bits per heavy atom. The standard InChI is InChI=1S/C22H21FN8O/c1-12-25-10-17(27-12)22(32)30-19-11-26-18(29-19)9-8-16(24)21-20(28-13(2)31(21)3)14-4-6-15(23)7-5-14/h4-11,24H,1-3H3,(H,25,27)(H,26,29)(H,30,32)/b9-8-,24-16?. The molecule has 0 saturated carbocycles. The molecular weight excluding hydrogens is 411 g/mol. The molecule has 0 unspecified atom stereocenters. The smallest absolute Gasteiger partial charge is 0.274 e. The maximum Gasteiger partial charge on any atom is 0.274 e. The highest BCUT2D eigenvalue weighted by Gasteiger charge is 2.17. The molecule has 162 valence electrons. The summed E-state index contributed by atoms with van der Waals surface area (Å²) in [5, 5.41) is 11.3. The van der Waals surface area contributed by atoms with Gasteiger partial charge in [0.2, 0.25) is 0 Å². The summed E-state index contributed by atoms with van der Waals surface area (Å²) in [4.78, 5) is 30.8. The Hall–Kier alpha value is -4.34.